The van der Waals surface area contributed by atoms with Gasteiger partial charge in [0.1, 0.15) is 0 Å². The highest BCUT2D eigenvalue weighted by Crippen LogP contribution is 2.34. The normalized spacial score (nSPS) is 32.6. The van der Waals surface area contributed by atoms with E-state index in [1.54, 1.807) is 0 Å². The van der Waals surface area contributed by atoms with Crippen LogP contribution < -0.4 is 0 Å². The minimum atomic E-state index is 0.354. The van der Waals surface area contributed by atoms with Crippen molar-refractivity contribution in [2.45, 2.75) is 51.2 Å². The molecule has 2 rings (SSSR count). The van der Waals surface area contributed by atoms with E-state index in [1.807, 2.05) is 6.92 Å². The lowest BCUT2D eigenvalue weighted by molar-refractivity contribution is -0.134. The van der Waals surface area contributed by atoms with E-state index in [4.69, 9.17) is 4.74 Å². The number of hydrogen-bond donors (Lipinski definition) is 0. The number of amides is 1. The van der Waals surface area contributed by atoms with Crippen molar-refractivity contribution in [1.82, 2.24) is 4.90 Å². The summed E-state index contributed by atoms with van der Waals surface area (Å²) >= 11 is 3.50. The van der Waals surface area contributed by atoms with Gasteiger partial charge >= 0.3 is 0 Å². The van der Waals surface area contributed by atoms with E-state index in [0.717, 1.165) is 50.6 Å². The predicted octanol–water partition coefficient (Wildman–Crippen LogP) is 2.58. The smallest absolute Gasteiger partial charge is 0.223 e. The highest BCUT2D eigenvalue weighted by atomic mass is 79.9. The molecular formula is C13H22BrNO2. The molecule has 1 aliphatic carbocycles. The average Bonchev–Trinajstić information content (AvgIpc) is 2.74. The first-order valence-corrected chi connectivity index (χ1v) is 7.83. The van der Waals surface area contributed by atoms with E-state index in [0.29, 0.717) is 24.0 Å². The molecule has 1 heterocycles. The SMILES string of the molecule is CCOC1CC(CC(=O)N2CCCC2CBr)C1. The Kier molecular flexibility index (Phi) is 4.86. The molecule has 1 saturated heterocycles. The third kappa shape index (κ3) is 3.22. The molecule has 1 amide bonds. The van der Waals surface area contributed by atoms with Crippen LogP contribution in [0.1, 0.15) is 39.0 Å². The second-order valence-corrected chi connectivity index (χ2v) is 5.80. The molecule has 3 nitrogen and oxygen atoms in total. The Morgan fingerprint density at radius 3 is 2.88 bits per heavy atom. The standard InChI is InChI=1S/C13H22BrNO2/c1-2-17-12-6-10(7-12)8-13(16)15-5-3-4-11(15)9-14/h10-12H,2-9H2,1H3. The fourth-order valence-corrected chi connectivity index (χ4v) is 3.57. The fourth-order valence-electron chi connectivity index (χ4n) is 2.90. The van der Waals surface area contributed by atoms with Gasteiger partial charge in [-0.15, -0.1) is 0 Å². The molecule has 0 radical (unpaired) electrons. The number of alkyl halides is 1. The lowest BCUT2D eigenvalue weighted by Gasteiger charge is -2.36. The van der Waals surface area contributed by atoms with Crippen LogP contribution in [-0.4, -0.2) is 41.4 Å². The van der Waals surface area contributed by atoms with Gasteiger partial charge in [0.25, 0.3) is 0 Å². The molecule has 0 bridgehead atoms. The maximum atomic E-state index is 12.1. The molecule has 1 unspecified atom stereocenters. The van der Waals surface area contributed by atoms with Crippen molar-refractivity contribution in [3.8, 4) is 0 Å². The van der Waals surface area contributed by atoms with Crippen molar-refractivity contribution in [1.29, 1.82) is 0 Å². The molecule has 98 valence electrons. The summed E-state index contributed by atoms with van der Waals surface area (Å²) in [5, 5.41) is 0.922. The summed E-state index contributed by atoms with van der Waals surface area (Å²) in [4.78, 5) is 14.2. The number of rotatable bonds is 5. The largest absolute Gasteiger partial charge is 0.378 e. The van der Waals surface area contributed by atoms with Gasteiger partial charge in [-0.25, -0.2) is 0 Å². The van der Waals surface area contributed by atoms with Gasteiger partial charge in [0.05, 0.1) is 6.10 Å². The zero-order chi connectivity index (χ0) is 12.3. The highest BCUT2D eigenvalue weighted by Gasteiger charge is 2.34. The molecule has 1 atom stereocenters. The minimum Gasteiger partial charge on any atom is -0.378 e. The van der Waals surface area contributed by atoms with Crippen molar-refractivity contribution < 1.29 is 9.53 Å². The van der Waals surface area contributed by atoms with Crippen LogP contribution in [0.15, 0.2) is 0 Å². The third-order valence-corrected chi connectivity index (χ3v) is 4.68. The van der Waals surface area contributed by atoms with Gasteiger partial charge in [-0.05, 0) is 38.5 Å². The second-order valence-electron chi connectivity index (χ2n) is 5.16. The first-order valence-electron chi connectivity index (χ1n) is 6.71. The molecule has 0 N–H and O–H groups in total. The van der Waals surface area contributed by atoms with Crippen LogP contribution in [0.25, 0.3) is 0 Å². The molecule has 0 aromatic heterocycles. The van der Waals surface area contributed by atoms with E-state index in [9.17, 15) is 4.79 Å². The zero-order valence-corrected chi connectivity index (χ0v) is 12.1. The Morgan fingerprint density at radius 2 is 2.24 bits per heavy atom. The monoisotopic (exact) mass is 303 g/mol. The molecule has 0 aromatic carbocycles. The first-order chi connectivity index (χ1) is 8.24. The van der Waals surface area contributed by atoms with Gasteiger partial charge in [0.2, 0.25) is 5.91 Å². The maximum absolute atomic E-state index is 12.1. The summed E-state index contributed by atoms with van der Waals surface area (Å²) < 4.78 is 5.52. The molecule has 1 saturated carbocycles. The Morgan fingerprint density at radius 1 is 1.47 bits per heavy atom. The van der Waals surface area contributed by atoms with Crippen molar-refractivity contribution in [3.63, 3.8) is 0 Å². The number of ether oxygens (including phenoxy) is 1. The van der Waals surface area contributed by atoms with Crippen LogP contribution in [-0.2, 0) is 9.53 Å². The summed E-state index contributed by atoms with van der Waals surface area (Å²) in [6.45, 7) is 3.78. The van der Waals surface area contributed by atoms with Gasteiger partial charge in [-0.3, -0.25) is 4.79 Å². The van der Waals surface area contributed by atoms with Gasteiger partial charge in [0, 0.05) is 30.9 Å². The summed E-state index contributed by atoms with van der Waals surface area (Å²) in [5.41, 5.74) is 0. The number of nitrogens with zero attached hydrogens (tertiary/aromatic N) is 1. The molecule has 4 heteroatoms. The predicted molar refractivity (Wildman–Crippen MR) is 71.3 cm³/mol. The van der Waals surface area contributed by atoms with Crippen molar-refractivity contribution in [2.24, 2.45) is 5.92 Å². The molecule has 0 aromatic rings. The van der Waals surface area contributed by atoms with Crippen LogP contribution in [0.5, 0.6) is 0 Å². The molecule has 17 heavy (non-hydrogen) atoms. The third-order valence-electron chi connectivity index (χ3n) is 3.93. The lowest BCUT2D eigenvalue weighted by Crippen LogP contribution is -2.40. The van der Waals surface area contributed by atoms with E-state index in [1.165, 1.54) is 0 Å². The Balaban J connectivity index is 1.71. The molecule has 1 aliphatic heterocycles. The van der Waals surface area contributed by atoms with Crippen molar-refractivity contribution in [2.75, 3.05) is 18.5 Å². The topological polar surface area (TPSA) is 29.5 Å². The minimum absolute atomic E-state index is 0.354. The Bertz CT molecular complexity index is 266. The Labute approximate surface area is 112 Å². The zero-order valence-electron chi connectivity index (χ0n) is 10.5. The van der Waals surface area contributed by atoms with Crippen LogP contribution in [0, 0.1) is 5.92 Å². The van der Waals surface area contributed by atoms with Crippen LogP contribution in [0.2, 0.25) is 0 Å². The summed E-state index contributed by atoms with van der Waals surface area (Å²) in [6.07, 6.45) is 5.62. The maximum Gasteiger partial charge on any atom is 0.223 e. The first kappa shape index (κ1) is 13.3. The van der Waals surface area contributed by atoms with E-state index < -0.39 is 0 Å². The quantitative estimate of drug-likeness (QED) is 0.731. The molecular weight excluding hydrogens is 282 g/mol. The van der Waals surface area contributed by atoms with Gasteiger partial charge in [-0.1, -0.05) is 15.9 Å². The second kappa shape index (κ2) is 6.19. The fraction of sp³-hybridized carbons (Fsp3) is 0.923. The van der Waals surface area contributed by atoms with Gasteiger partial charge < -0.3 is 9.64 Å². The van der Waals surface area contributed by atoms with E-state index in [-0.39, 0.29) is 0 Å². The van der Waals surface area contributed by atoms with Crippen LogP contribution in [0.4, 0.5) is 0 Å². The lowest BCUT2D eigenvalue weighted by atomic mass is 9.79. The van der Waals surface area contributed by atoms with E-state index in [2.05, 4.69) is 20.8 Å². The van der Waals surface area contributed by atoms with Crippen LogP contribution in [0.3, 0.4) is 0 Å². The summed E-state index contributed by atoms with van der Waals surface area (Å²) in [6, 6.07) is 0.435. The van der Waals surface area contributed by atoms with Crippen molar-refractivity contribution >= 4 is 21.8 Å². The van der Waals surface area contributed by atoms with Gasteiger partial charge in [-0.2, -0.15) is 0 Å². The summed E-state index contributed by atoms with van der Waals surface area (Å²) in [7, 11) is 0. The number of likely N-dealkylation sites (tertiary alicyclic amines) is 1. The number of carbonyl (C=O) groups excluding carboxylic acids is 1. The number of carbonyl (C=O) groups is 1. The summed E-state index contributed by atoms with van der Waals surface area (Å²) in [5.74, 6) is 0.919. The van der Waals surface area contributed by atoms with Crippen molar-refractivity contribution in [3.05, 3.63) is 0 Å². The molecule has 0 spiro atoms. The molecule has 2 fully saturated rings. The average molecular weight is 304 g/mol. The number of halogens is 1. The van der Waals surface area contributed by atoms with Crippen LogP contribution >= 0.6 is 15.9 Å². The van der Waals surface area contributed by atoms with Gasteiger partial charge in [0.15, 0.2) is 0 Å². The number of hydrogen-bond acceptors (Lipinski definition) is 2. The molecule has 2 aliphatic rings. The highest BCUT2D eigenvalue weighted by molar-refractivity contribution is 9.09. The Hall–Kier alpha value is -0.0900. The van der Waals surface area contributed by atoms with E-state index >= 15 is 0 Å².